The molecule has 3 atom stereocenters. The summed E-state index contributed by atoms with van der Waals surface area (Å²) >= 11 is 0. The van der Waals surface area contributed by atoms with Gasteiger partial charge in [-0.15, -0.1) is 0 Å². The van der Waals surface area contributed by atoms with E-state index in [0.717, 1.165) is 22.9 Å². The monoisotopic (exact) mass is 526 g/mol. The molecule has 2 aromatic rings. The first kappa shape index (κ1) is 29.0. The molecule has 3 rings (SSSR count). The fourth-order valence-corrected chi connectivity index (χ4v) is 4.26. The Morgan fingerprint density at radius 2 is 1.66 bits per heavy atom. The van der Waals surface area contributed by atoms with Gasteiger partial charge in [-0.25, -0.2) is 4.79 Å². The summed E-state index contributed by atoms with van der Waals surface area (Å²) in [6.07, 6.45) is -1.44. The third-order valence-electron chi connectivity index (χ3n) is 6.38. The van der Waals surface area contributed by atoms with Gasteiger partial charge >= 0.3 is 17.7 Å². The van der Waals surface area contributed by atoms with Crippen LogP contribution in [-0.2, 0) is 41.8 Å². The molecule has 0 amide bonds. The van der Waals surface area contributed by atoms with Crippen molar-refractivity contribution < 1.29 is 43.4 Å². The Balaban J connectivity index is 1.97. The summed E-state index contributed by atoms with van der Waals surface area (Å²) in [5.41, 5.74) is 0.0201. The predicted molar refractivity (Wildman–Crippen MR) is 136 cm³/mol. The van der Waals surface area contributed by atoms with E-state index in [4.69, 9.17) is 18.9 Å². The van der Waals surface area contributed by atoms with Crippen LogP contribution in [0.4, 0.5) is 0 Å². The van der Waals surface area contributed by atoms with Gasteiger partial charge in [0.05, 0.1) is 34.0 Å². The van der Waals surface area contributed by atoms with E-state index in [2.05, 4.69) is 5.10 Å². The Hall–Kier alpha value is -3.60. The molecule has 1 aliphatic heterocycles. The Morgan fingerprint density at radius 3 is 2.21 bits per heavy atom. The largest absolute Gasteiger partial charge is 0.857 e. The van der Waals surface area contributed by atoms with Crippen LogP contribution in [0.1, 0.15) is 37.3 Å². The summed E-state index contributed by atoms with van der Waals surface area (Å²) in [4.78, 5) is 24.7. The number of benzene rings is 2. The minimum Gasteiger partial charge on any atom is -0.857 e. The number of ether oxygens (including phenoxy) is 4. The van der Waals surface area contributed by atoms with Crippen LogP contribution >= 0.6 is 0 Å². The molecule has 0 fully saturated rings. The SMILES string of the molecule is CC[C@](O)(COCc1ccccc1)[C@@H](OCc1ccccc1)C1CC([O-])=N/[N+]1=C(\CC(=O)OC)C(=O)OC. The molecule has 0 saturated heterocycles. The summed E-state index contributed by atoms with van der Waals surface area (Å²) in [7, 11) is 2.35. The van der Waals surface area contributed by atoms with Gasteiger partial charge in [-0.05, 0) is 22.6 Å². The normalized spacial score (nSPS) is 18.7. The summed E-state index contributed by atoms with van der Waals surface area (Å²) in [6.45, 7) is 2.05. The van der Waals surface area contributed by atoms with E-state index in [-0.39, 0.29) is 38.4 Å². The molecule has 0 spiro atoms. The van der Waals surface area contributed by atoms with Gasteiger partial charge in [0.25, 0.3) is 0 Å². The highest BCUT2D eigenvalue weighted by Gasteiger charge is 2.51. The first-order chi connectivity index (χ1) is 18.3. The second-order valence-electron chi connectivity index (χ2n) is 8.95. The number of hydrazone groups is 1. The molecular weight excluding hydrogens is 492 g/mol. The predicted octanol–water partition coefficient (Wildman–Crippen LogP) is 1.57. The zero-order valence-corrected chi connectivity index (χ0v) is 21.9. The summed E-state index contributed by atoms with van der Waals surface area (Å²) in [5.74, 6) is -2.09. The average Bonchev–Trinajstić information content (AvgIpc) is 3.32. The van der Waals surface area contributed by atoms with Crippen LogP contribution in [0.15, 0.2) is 65.8 Å². The topological polar surface area (TPSA) is 130 Å². The van der Waals surface area contributed by atoms with E-state index in [0.29, 0.717) is 0 Å². The highest BCUT2D eigenvalue weighted by atomic mass is 16.5. The van der Waals surface area contributed by atoms with Crippen molar-refractivity contribution in [1.82, 2.24) is 0 Å². The first-order valence-electron chi connectivity index (χ1n) is 12.4. The lowest BCUT2D eigenvalue weighted by Gasteiger charge is -2.36. The third kappa shape index (κ3) is 7.47. The van der Waals surface area contributed by atoms with E-state index in [1.54, 1.807) is 6.92 Å². The molecule has 2 aromatic carbocycles. The molecule has 1 aliphatic rings. The summed E-state index contributed by atoms with van der Waals surface area (Å²) in [6, 6.07) is 18.0. The Morgan fingerprint density at radius 1 is 1.05 bits per heavy atom. The second kappa shape index (κ2) is 13.8. The maximum Gasteiger partial charge on any atom is 0.401 e. The van der Waals surface area contributed by atoms with Crippen LogP contribution in [0.5, 0.6) is 0 Å². The molecule has 38 heavy (non-hydrogen) atoms. The van der Waals surface area contributed by atoms with E-state index in [1.807, 2.05) is 60.7 Å². The van der Waals surface area contributed by atoms with Gasteiger partial charge < -0.3 is 29.2 Å². The number of hydrogen-bond acceptors (Lipinski definition) is 9. The first-order valence-corrected chi connectivity index (χ1v) is 12.4. The molecule has 1 N–H and O–H groups in total. The molecule has 0 saturated carbocycles. The van der Waals surface area contributed by atoms with E-state index in [9.17, 15) is 19.8 Å². The Bertz CT molecular complexity index is 1140. The van der Waals surface area contributed by atoms with Gasteiger partial charge in [0.1, 0.15) is 12.0 Å². The smallest absolute Gasteiger partial charge is 0.401 e. The summed E-state index contributed by atoms with van der Waals surface area (Å²) < 4.78 is 22.9. The fourth-order valence-electron chi connectivity index (χ4n) is 4.26. The van der Waals surface area contributed by atoms with Crippen molar-refractivity contribution in [2.24, 2.45) is 5.10 Å². The lowest BCUT2D eigenvalue weighted by molar-refractivity contribution is -0.578. The van der Waals surface area contributed by atoms with Gasteiger partial charge in [0, 0.05) is 12.3 Å². The quantitative estimate of drug-likeness (QED) is 0.308. The number of rotatable bonds is 13. The van der Waals surface area contributed by atoms with E-state index < -0.39 is 42.0 Å². The van der Waals surface area contributed by atoms with Crippen LogP contribution in [0, 0.1) is 0 Å². The van der Waals surface area contributed by atoms with Gasteiger partial charge in [-0.3, -0.25) is 4.79 Å². The third-order valence-corrected chi connectivity index (χ3v) is 6.38. The lowest BCUT2D eigenvalue weighted by Crippen LogP contribution is -2.56. The average molecular weight is 527 g/mol. The van der Waals surface area contributed by atoms with Crippen molar-refractivity contribution in [2.45, 2.75) is 57.1 Å². The van der Waals surface area contributed by atoms with E-state index in [1.165, 1.54) is 7.11 Å². The zero-order chi connectivity index (χ0) is 27.5. The highest BCUT2D eigenvalue weighted by Crippen LogP contribution is 2.29. The minimum absolute atomic E-state index is 0.110. The minimum atomic E-state index is -1.57. The number of esters is 2. The molecule has 10 nitrogen and oxygen atoms in total. The van der Waals surface area contributed by atoms with Crippen molar-refractivity contribution in [3.8, 4) is 0 Å². The van der Waals surface area contributed by atoms with Gasteiger partial charge in [0.15, 0.2) is 6.10 Å². The number of aliphatic hydroxyl groups is 1. The number of nitrogens with zero attached hydrogens (tertiary/aromatic N) is 2. The Kier molecular flexibility index (Phi) is 10.5. The maximum atomic E-state index is 12.6. The van der Waals surface area contributed by atoms with Gasteiger partial charge in [-0.1, -0.05) is 72.3 Å². The van der Waals surface area contributed by atoms with Gasteiger partial charge in [-0.2, -0.15) is 0 Å². The number of methoxy groups -OCH3 is 2. The number of hydrogen-bond donors (Lipinski definition) is 1. The van der Waals surface area contributed by atoms with Crippen LogP contribution in [0.2, 0.25) is 0 Å². The zero-order valence-electron chi connectivity index (χ0n) is 21.9. The molecule has 0 bridgehead atoms. The molecule has 1 heterocycles. The molecule has 10 heteroatoms. The fraction of sp³-hybridized carbons (Fsp3) is 0.429. The molecule has 0 aliphatic carbocycles. The van der Waals surface area contributed by atoms with Crippen LogP contribution in [-0.4, -0.2) is 71.9 Å². The Labute approximate surface area is 222 Å². The number of carbonyl (C=O) groups excluding carboxylic acids is 2. The molecule has 0 radical (unpaired) electrons. The van der Waals surface area contributed by atoms with Gasteiger partial charge in [0.2, 0.25) is 6.04 Å². The van der Waals surface area contributed by atoms with Crippen molar-refractivity contribution in [1.29, 1.82) is 0 Å². The van der Waals surface area contributed by atoms with Crippen LogP contribution in [0.25, 0.3) is 0 Å². The maximum absolute atomic E-state index is 12.6. The summed E-state index contributed by atoms with van der Waals surface area (Å²) in [5, 5.41) is 28.4. The standard InChI is InChI=1S/C28H34N2O8/c1-4-28(34,19-37-17-20-11-7-5-8-12-20)26(38-18-21-13-9-6-10-14-21)22-15-24(31)29-30(22)23(27(33)36-3)16-25(32)35-2/h5-14,22,26,34H,4,15-19H2,1-3H3/t22?,26-,28-/m0/s1. The van der Waals surface area contributed by atoms with Crippen LogP contribution < -0.4 is 5.11 Å². The van der Waals surface area contributed by atoms with Crippen LogP contribution in [0.3, 0.4) is 0 Å². The van der Waals surface area contributed by atoms with Crippen molar-refractivity contribution in [2.75, 3.05) is 20.8 Å². The van der Waals surface area contributed by atoms with Crippen molar-refractivity contribution in [3.63, 3.8) is 0 Å². The number of carbonyl (C=O) groups is 2. The molecule has 0 aromatic heterocycles. The van der Waals surface area contributed by atoms with Crippen molar-refractivity contribution in [3.05, 3.63) is 71.8 Å². The van der Waals surface area contributed by atoms with E-state index >= 15 is 0 Å². The second-order valence-corrected chi connectivity index (χ2v) is 8.95. The lowest BCUT2D eigenvalue weighted by atomic mass is 9.87. The molecule has 204 valence electrons. The highest BCUT2D eigenvalue weighted by molar-refractivity contribution is 6.37. The van der Waals surface area contributed by atoms with Crippen molar-refractivity contribution >= 4 is 23.5 Å². The molecule has 1 unspecified atom stereocenters. The molecular formula is C28H34N2O8.